The molecule has 1 aliphatic heterocycles. The summed E-state index contributed by atoms with van der Waals surface area (Å²) in [5, 5.41) is 2.93. The fourth-order valence-corrected chi connectivity index (χ4v) is 2.68. The Kier molecular flexibility index (Phi) is 4.25. The van der Waals surface area contributed by atoms with Gasteiger partial charge in [0, 0.05) is 19.0 Å². The van der Waals surface area contributed by atoms with Crippen molar-refractivity contribution in [2.24, 2.45) is 11.8 Å². The summed E-state index contributed by atoms with van der Waals surface area (Å²) in [5.41, 5.74) is -0.492. The minimum Gasteiger partial charge on any atom is -0.444 e. The molecule has 0 aromatic carbocycles. The van der Waals surface area contributed by atoms with E-state index in [9.17, 15) is 9.59 Å². The molecule has 2 unspecified atom stereocenters. The van der Waals surface area contributed by atoms with E-state index < -0.39 is 5.60 Å². The number of nitrogens with zero attached hydrogens (tertiary/aromatic N) is 1. The number of carbonyl (C=O) groups is 2. The van der Waals surface area contributed by atoms with Gasteiger partial charge < -0.3 is 15.0 Å². The first-order valence-electron chi connectivity index (χ1n) is 7.58. The lowest BCUT2D eigenvalue weighted by Crippen LogP contribution is -2.43. The molecule has 2 atom stereocenters. The van der Waals surface area contributed by atoms with Crippen LogP contribution in [-0.2, 0) is 9.53 Å². The van der Waals surface area contributed by atoms with Gasteiger partial charge in [-0.3, -0.25) is 4.79 Å². The van der Waals surface area contributed by atoms with E-state index in [1.807, 2.05) is 25.7 Å². The van der Waals surface area contributed by atoms with Crippen LogP contribution in [-0.4, -0.2) is 41.6 Å². The third kappa shape index (κ3) is 3.87. The Morgan fingerprint density at radius 2 is 1.90 bits per heavy atom. The summed E-state index contributed by atoms with van der Waals surface area (Å²) in [7, 11) is 0. The molecule has 1 saturated carbocycles. The van der Waals surface area contributed by atoms with Crippen LogP contribution in [0.25, 0.3) is 0 Å². The Morgan fingerprint density at radius 1 is 1.25 bits per heavy atom. The number of alkyl carbamates (subject to hydrolysis) is 1. The van der Waals surface area contributed by atoms with Crippen LogP contribution >= 0.6 is 0 Å². The third-order valence-electron chi connectivity index (χ3n) is 3.91. The molecule has 0 spiro atoms. The van der Waals surface area contributed by atoms with Gasteiger partial charge in [-0.05, 0) is 46.0 Å². The van der Waals surface area contributed by atoms with Gasteiger partial charge in [-0.15, -0.1) is 0 Å². The predicted molar refractivity (Wildman–Crippen MR) is 76.2 cm³/mol. The summed E-state index contributed by atoms with van der Waals surface area (Å²) in [5.74, 6) is 0.829. The van der Waals surface area contributed by atoms with Crippen molar-refractivity contribution in [3.63, 3.8) is 0 Å². The highest BCUT2D eigenvalue weighted by Gasteiger charge is 2.40. The molecule has 2 rings (SSSR count). The quantitative estimate of drug-likeness (QED) is 0.863. The molecule has 1 saturated heterocycles. The smallest absolute Gasteiger partial charge is 0.407 e. The van der Waals surface area contributed by atoms with Crippen molar-refractivity contribution < 1.29 is 14.3 Å². The highest BCUT2D eigenvalue weighted by molar-refractivity contribution is 5.81. The van der Waals surface area contributed by atoms with Gasteiger partial charge in [0.15, 0.2) is 0 Å². The molecule has 0 aromatic rings. The van der Waals surface area contributed by atoms with Crippen molar-refractivity contribution >= 4 is 12.0 Å². The normalized spacial score (nSPS) is 26.5. The molecule has 5 heteroatoms. The summed E-state index contributed by atoms with van der Waals surface area (Å²) < 4.78 is 5.29. The van der Waals surface area contributed by atoms with Gasteiger partial charge in [0.1, 0.15) is 5.60 Å². The first-order chi connectivity index (χ1) is 9.30. The second-order valence-corrected chi connectivity index (χ2v) is 6.94. The second kappa shape index (κ2) is 5.62. The molecule has 5 nitrogen and oxygen atoms in total. The highest BCUT2D eigenvalue weighted by Crippen LogP contribution is 2.33. The van der Waals surface area contributed by atoms with Crippen LogP contribution in [0, 0.1) is 11.8 Å². The maximum atomic E-state index is 12.1. The molecule has 114 valence electrons. The lowest BCUT2D eigenvalue weighted by atomic mass is 10.0. The topological polar surface area (TPSA) is 58.6 Å². The Labute approximate surface area is 121 Å². The number of nitrogens with one attached hydrogen (secondary N) is 1. The Hall–Kier alpha value is -1.26. The number of hydrogen-bond donors (Lipinski definition) is 1. The molecule has 2 amide bonds. The zero-order chi connectivity index (χ0) is 14.9. The first-order valence-corrected chi connectivity index (χ1v) is 7.58. The van der Waals surface area contributed by atoms with Gasteiger partial charge in [-0.1, -0.05) is 6.92 Å². The molecule has 1 heterocycles. The van der Waals surface area contributed by atoms with E-state index in [-0.39, 0.29) is 24.0 Å². The first kappa shape index (κ1) is 15.1. The summed E-state index contributed by atoms with van der Waals surface area (Å²) in [6.07, 6.45) is 2.61. The average Bonchev–Trinajstić information content (AvgIpc) is 3.08. The van der Waals surface area contributed by atoms with Crippen LogP contribution in [0.1, 0.15) is 47.0 Å². The average molecular weight is 282 g/mol. The Balaban J connectivity index is 1.89. The van der Waals surface area contributed by atoms with Crippen LogP contribution in [0.5, 0.6) is 0 Å². The molecular formula is C15H26N2O3. The van der Waals surface area contributed by atoms with Gasteiger partial charge in [0.25, 0.3) is 0 Å². The number of amides is 2. The summed E-state index contributed by atoms with van der Waals surface area (Å²) in [4.78, 5) is 25.9. The lowest BCUT2D eigenvalue weighted by Gasteiger charge is -2.23. The molecule has 1 aliphatic carbocycles. The molecule has 20 heavy (non-hydrogen) atoms. The number of likely N-dealkylation sites (tertiary alicyclic amines) is 1. The number of ether oxygens (including phenoxy) is 1. The van der Waals surface area contributed by atoms with Crippen molar-refractivity contribution in [1.29, 1.82) is 0 Å². The van der Waals surface area contributed by atoms with Crippen molar-refractivity contribution in [3.8, 4) is 0 Å². The predicted octanol–water partition coefficient (Wildman–Crippen LogP) is 2.16. The number of carbonyl (C=O) groups excluding carboxylic acids is 2. The van der Waals surface area contributed by atoms with Gasteiger partial charge in [0.05, 0.1) is 6.04 Å². The SMILES string of the molecule is CCC1CN(C(=O)C2CC2)CC1NC(=O)OC(C)(C)C. The van der Waals surface area contributed by atoms with Gasteiger partial charge in [0.2, 0.25) is 5.91 Å². The standard InChI is InChI=1S/C15H26N2O3/c1-5-10-8-17(13(18)11-6-7-11)9-12(10)16-14(19)20-15(2,3)4/h10-12H,5-9H2,1-4H3,(H,16,19). The summed E-state index contributed by atoms with van der Waals surface area (Å²) in [6, 6.07) is 0.0116. The van der Waals surface area contributed by atoms with E-state index in [1.165, 1.54) is 0 Å². The molecule has 1 N–H and O–H groups in total. The number of hydrogen-bond acceptors (Lipinski definition) is 3. The van der Waals surface area contributed by atoms with Gasteiger partial charge in [-0.25, -0.2) is 4.79 Å². The third-order valence-corrected chi connectivity index (χ3v) is 3.91. The Morgan fingerprint density at radius 3 is 2.40 bits per heavy atom. The van der Waals surface area contributed by atoms with Crippen LogP contribution in [0.2, 0.25) is 0 Å². The summed E-state index contributed by atoms with van der Waals surface area (Å²) >= 11 is 0. The van der Waals surface area contributed by atoms with Crippen molar-refractivity contribution in [2.45, 2.75) is 58.6 Å². The van der Waals surface area contributed by atoms with Crippen LogP contribution in [0.3, 0.4) is 0 Å². The lowest BCUT2D eigenvalue weighted by molar-refractivity contribution is -0.131. The largest absolute Gasteiger partial charge is 0.444 e. The van der Waals surface area contributed by atoms with Crippen LogP contribution in [0.4, 0.5) is 4.79 Å². The van der Waals surface area contributed by atoms with E-state index in [2.05, 4.69) is 12.2 Å². The number of rotatable bonds is 3. The minimum absolute atomic E-state index is 0.0116. The van der Waals surface area contributed by atoms with E-state index in [0.29, 0.717) is 12.5 Å². The Bertz CT molecular complexity index is 385. The molecule has 0 aromatic heterocycles. The summed E-state index contributed by atoms with van der Waals surface area (Å²) in [6.45, 7) is 9.02. The maximum absolute atomic E-state index is 12.1. The fraction of sp³-hybridized carbons (Fsp3) is 0.867. The maximum Gasteiger partial charge on any atom is 0.407 e. The van der Waals surface area contributed by atoms with Crippen LogP contribution < -0.4 is 5.32 Å². The van der Waals surface area contributed by atoms with Crippen molar-refractivity contribution in [2.75, 3.05) is 13.1 Å². The van der Waals surface area contributed by atoms with Gasteiger partial charge >= 0.3 is 6.09 Å². The minimum atomic E-state index is -0.492. The highest BCUT2D eigenvalue weighted by atomic mass is 16.6. The monoisotopic (exact) mass is 282 g/mol. The van der Waals surface area contributed by atoms with E-state index >= 15 is 0 Å². The van der Waals surface area contributed by atoms with Crippen molar-refractivity contribution in [1.82, 2.24) is 10.2 Å². The zero-order valence-electron chi connectivity index (χ0n) is 12.9. The molecule has 0 radical (unpaired) electrons. The molecule has 2 aliphatic rings. The van der Waals surface area contributed by atoms with E-state index in [4.69, 9.17) is 4.74 Å². The van der Waals surface area contributed by atoms with Crippen molar-refractivity contribution in [3.05, 3.63) is 0 Å². The van der Waals surface area contributed by atoms with E-state index in [1.54, 1.807) is 0 Å². The molecular weight excluding hydrogens is 256 g/mol. The zero-order valence-corrected chi connectivity index (χ0v) is 12.9. The molecule has 0 bridgehead atoms. The van der Waals surface area contributed by atoms with E-state index in [0.717, 1.165) is 25.8 Å². The fourth-order valence-electron chi connectivity index (χ4n) is 2.68. The van der Waals surface area contributed by atoms with Gasteiger partial charge in [-0.2, -0.15) is 0 Å². The molecule has 2 fully saturated rings. The second-order valence-electron chi connectivity index (χ2n) is 6.94. The van der Waals surface area contributed by atoms with Crippen LogP contribution in [0.15, 0.2) is 0 Å².